The first kappa shape index (κ1) is 12.4. The number of aromatic nitrogens is 1. The van der Waals surface area contributed by atoms with Crippen LogP contribution in [0.25, 0.3) is 23.3 Å². The van der Waals surface area contributed by atoms with Gasteiger partial charge < -0.3 is 0 Å². The Morgan fingerprint density at radius 3 is 2.10 bits per heavy atom. The summed E-state index contributed by atoms with van der Waals surface area (Å²) in [5, 5.41) is 0. The molecule has 0 saturated carbocycles. The predicted octanol–water partition coefficient (Wildman–Crippen LogP) is 4.92. The minimum atomic E-state index is 0.988. The van der Waals surface area contributed by atoms with Gasteiger partial charge in [0.05, 0.1) is 5.69 Å². The molecule has 0 aliphatic heterocycles. The summed E-state index contributed by atoms with van der Waals surface area (Å²) in [7, 11) is 0. The first-order valence-corrected chi connectivity index (χ1v) is 6.67. The summed E-state index contributed by atoms with van der Waals surface area (Å²) in [5.74, 6) is 0. The molecule has 0 bridgehead atoms. The summed E-state index contributed by atoms with van der Waals surface area (Å²) in [4.78, 5) is 4.48. The normalized spacial score (nSPS) is 10.8. The Bertz CT molecular complexity index is 700. The molecule has 2 aromatic carbocycles. The molecule has 1 aromatic heterocycles. The molecule has 1 heteroatoms. The molecule has 0 aliphatic carbocycles. The van der Waals surface area contributed by atoms with Crippen molar-refractivity contribution in [2.75, 3.05) is 0 Å². The van der Waals surface area contributed by atoms with Crippen molar-refractivity contribution in [1.82, 2.24) is 4.98 Å². The zero-order valence-electron chi connectivity index (χ0n) is 11.1. The van der Waals surface area contributed by atoms with Crippen molar-refractivity contribution in [2.45, 2.75) is 0 Å². The number of nitrogens with zero attached hydrogens (tertiary/aromatic N) is 1. The summed E-state index contributed by atoms with van der Waals surface area (Å²) in [6, 6.07) is 24.7. The molecule has 0 unspecified atom stereocenters. The average Bonchev–Trinajstić information content (AvgIpc) is 2.55. The van der Waals surface area contributed by atoms with Crippen LogP contribution in [0.4, 0.5) is 0 Å². The van der Waals surface area contributed by atoms with Gasteiger partial charge in [-0.05, 0) is 23.3 Å². The lowest BCUT2D eigenvalue weighted by Gasteiger charge is -2.04. The number of hydrogen-bond acceptors (Lipinski definition) is 1. The SMILES string of the molecule is C(=Cc1ncccc1-c1ccccc1)c1ccccc1. The second kappa shape index (κ2) is 5.98. The Labute approximate surface area is 119 Å². The Kier molecular flexibility index (Phi) is 3.70. The van der Waals surface area contributed by atoms with Gasteiger partial charge in [-0.15, -0.1) is 0 Å². The molecule has 0 aliphatic rings. The number of benzene rings is 2. The molecule has 1 nitrogen and oxygen atoms in total. The van der Waals surface area contributed by atoms with E-state index < -0.39 is 0 Å². The van der Waals surface area contributed by atoms with Crippen LogP contribution in [0.3, 0.4) is 0 Å². The third-order valence-corrected chi connectivity index (χ3v) is 3.16. The highest BCUT2D eigenvalue weighted by Gasteiger charge is 2.02. The molecule has 3 aromatic rings. The molecule has 0 amide bonds. The van der Waals surface area contributed by atoms with Crippen LogP contribution < -0.4 is 0 Å². The maximum absolute atomic E-state index is 4.48. The van der Waals surface area contributed by atoms with E-state index in [2.05, 4.69) is 47.5 Å². The van der Waals surface area contributed by atoms with E-state index in [1.807, 2.05) is 48.7 Å². The summed E-state index contributed by atoms with van der Waals surface area (Å²) in [6.07, 6.45) is 5.99. The fraction of sp³-hybridized carbons (Fsp3) is 0. The van der Waals surface area contributed by atoms with E-state index in [1.54, 1.807) is 0 Å². The highest BCUT2D eigenvalue weighted by molar-refractivity contribution is 5.78. The fourth-order valence-corrected chi connectivity index (χ4v) is 2.15. The Hall–Kier alpha value is -2.67. The first-order chi connectivity index (χ1) is 9.93. The van der Waals surface area contributed by atoms with Crippen LogP contribution in [0.1, 0.15) is 11.3 Å². The van der Waals surface area contributed by atoms with Gasteiger partial charge in [-0.3, -0.25) is 4.98 Å². The zero-order chi connectivity index (χ0) is 13.6. The van der Waals surface area contributed by atoms with Crippen molar-refractivity contribution < 1.29 is 0 Å². The van der Waals surface area contributed by atoms with Gasteiger partial charge in [-0.2, -0.15) is 0 Å². The van der Waals surface area contributed by atoms with Gasteiger partial charge in [0.15, 0.2) is 0 Å². The summed E-state index contributed by atoms with van der Waals surface area (Å²) < 4.78 is 0. The number of hydrogen-bond donors (Lipinski definition) is 0. The van der Waals surface area contributed by atoms with Crippen molar-refractivity contribution in [3.63, 3.8) is 0 Å². The monoisotopic (exact) mass is 257 g/mol. The van der Waals surface area contributed by atoms with E-state index in [0.29, 0.717) is 0 Å². The molecule has 3 rings (SSSR count). The zero-order valence-corrected chi connectivity index (χ0v) is 11.1. The quantitative estimate of drug-likeness (QED) is 0.649. The van der Waals surface area contributed by atoms with Crippen LogP contribution >= 0.6 is 0 Å². The molecule has 0 atom stereocenters. The molecular weight excluding hydrogens is 242 g/mol. The minimum Gasteiger partial charge on any atom is -0.256 e. The van der Waals surface area contributed by atoms with Gasteiger partial charge in [-0.25, -0.2) is 0 Å². The van der Waals surface area contributed by atoms with Gasteiger partial charge in [-0.1, -0.05) is 72.8 Å². The third-order valence-electron chi connectivity index (χ3n) is 3.16. The molecular formula is C19H15N. The van der Waals surface area contributed by atoms with Crippen molar-refractivity contribution in [3.8, 4) is 11.1 Å². The van der Waals surface area contributed by atoms with Crippen molar-refractivity contribution >= 4 is 12.2 Å². The highest BCUT2D eigenvalue weighted by atomic mass is 14.7. The number of rotatable bonds is 3. The van der Waals surface area contributed by atoms with Gasteiger partial charge in [0.1, 0.15) is 0 Å². The molecule has 0 radical (unpaired) electrons. The van der Waals surface area contributed by atoms with Crippen molar-refractivity contribution in [3.05, 3.63) is 90.3 Å². The molecule has 20 heavy (non-hydrogen) atoms. The van der Waals surface area contributed by atoms with E-state index in [4.69, 9.17) is 0 Å². The van der Waals surface area contributed by atoms with E-state index in [-0.39, 0.29) is 0 Å². The fourth-order valence-electron chi connectivity index (χ4n) is 2.15. The van der Waals surface area contributed by atoms with E-state index in [0.717, 1.165) is 11.3 Å². The Balaban J connectivity index is 1.97. The Morgan fingerprint density at radius 1 is 0.650 bits per heavy atom. The van der Waals surface area contributed by atoms with Gasteiger partial charge in [0.2, 0.25) is 0 Å². The van der Waals surface area contributed by atoms with Crippen molar-refractivity contribution in [2.24, 2.45) is 0 Å². The van der Waals surface area contributed by atoms with Crippen LogP contribution in [-0.4, -0.2) is 4.98 Å². The standard InChI is InChI=1S/C19H15N/c1-3-8-16(9-4-1)13-14-19-18(12-7-15-20-19)17-10-5-2-6-11-17/h1-15H. The Morgan fingerprint density at radius 2 is 1.35 bits per heavy atom. The van der Waals surface area contributed by atoms with Crippen LogP contribution in [0.5, 0.6) is 0 Å². The highest BCUT2D eigenvalue weighted by Crippen LogP contribution is 2.23. The van der Waals surface area contributed by atoms with Crippen LogP contribution in [0, 0.1) is 0 Å². The van der Waals surface area contributed by atoms with E-state index >= 15 is 0 Å². The lowest BCUT2D eigenvalue weighted by atomic mass is 10.0. The van der Waals surface area contributed by atoms with E-state index in [1.165, 1.54) is 11.1 Å². The third kappa shape index (κ3) is 2.83. The second-order valence-corrected chi connectivity index (χ2v) is 4.55. The van der Waals surface area contributed by atoms with Gasteiger partial charge in [0.25, 0.3) is 0 Å². The maximum Gasteiger partial charge on any atom is 0.0708 e. The number of pyridine rings is 1. The maximum atomic E-state index is 4.48. The molecule has 0 saturated heterocycles. The topological polar surface area (TPSA) is 12.9 Å². The van der Waals surface area contributed by atoms with E-state index in [9.17, 15) is 0 Å². The summed E-state index contributed by atoms with van der Waals surface area (Å²) in [5.41, 5.74) is 4.51. The summed E-state index contributed by atoms with van der Waals surface area (Å²) >= 11 is 0. The predicted molar refractivity (Wildman–Crippen MR) is 85.0 cm³/mol. The van der Waals surface area contributed by atoms with Crippen LogP contribution in [0.2, 0.25) is 0 Å². The molecule has 0 N–H and O–H groups in total. The van der Waals surface area contributed by atoms with Crippen LogP contribution in [0.15, 0.2) is 79.0 Å². The molecule has 1 heterocycles. The smallest absolute Gasteiger partial charge is 0.0708 e. The minimum absolute atomic E-state index is 0.988. The van der Waals surface area contributed by atoms with Crippen molar-refractivity contribution in [1.29, 1.82) is 0 Å². The molecule has 0 spiro atoms. The lowest BCUT2D eigenvalue weighted by molar-refractivity contribution is 1.30. The second-order valence-electron chi connectivity index (χ2n) is 4.55. The lowest BCUT2D eigenvalue weighted by Crippen LogP contribution is -1.86. The van der Waals surface area contributed by atoms with Crippen LogP contribution in [-0.2, 0) is 0 Å². The van der Waals surface area contributed by atoms with Gasteiger partial charge in [0, 0.05) is 11.8 Å². The average molecular weight is 257 g/mol. The van der Waals surface area contributed by atoms with Gasteiger partial charge >= 0.3 is 0 Å². The summed E-state index contributed by atoms with van der Waals surface area (Å²) in [6.45, 7) is 0. The first-order valence-electron chi connectivity index (χ1n) is 6.67. The molecule has 0 fully saturated rings. The largest absolute Gasteiger partial charge is 0.256 e. The molecule has 96 valence electrons.